The molecule has 0 aliphatic heterocycles. The smallest absolute Gasteiger partial charge is 0.251 e. The van der Waals surface area contributed by atoms with Crippen molar-refractivity contribution >= 4 is 46.4 Å². The summed E-state index contributed by atoms with van der Waals surface area (Å²) in [5.74, 6) is -0.486. The van der Waals surface area contributed by atoms with Crippen LogP contribution in [0.5, 0.6) is 0 Å². The lowest BCUT2D eigenvalue weighted by Crippen LogP contribution is -2.22. The van der Waals surface area contributed by atoms with Crippen molar-refractivity contribution in [1.29, 1.82) is 0 Å². The van der Waals surface area contributed by atoms with Crippen molar-refractivity contribution in [2.75, 3.05) is 24.2 Å². The first-order valence-electron chi connectivity index (χ1n) is 6.80. The SMILES string of the molecule is CNC(=O)c1cccc(NC(=O)CNc2cc(Cl)ccc2Cl)c1. The first-order chi connectivity index (χ1) is 11.0. The van der Waals surface area contributed by atoms with E-state index in [4.69, 9.17) is 23.2 Å². The zero-order chi connectivity index (χ0) is 16.8. The van der Waals surface area contributed by atoms with Crippen LogP contribution in [0.15, 0.2) is 42.5 Å². The van der Waals surface area contributed by atoms with E-state index in [1.165, 1.54) is 0 Å². The van der Waals surface area contributed by atoms with Gasteiger partial charge in [0.2, 0.25) is 5.91 Å². The van der Waals surface area contributed by atoms with Gasteiger partial charge in [-0.15, -0.1) is 0 Å². The lowest BCUT2D eigenvalue weighted by Gasteiger charge is -2.10. The fourth-order valence-electron chi connectivity index (χ4n) is 1.90. The van der Waals surface area contributed by atoms with Crippen LogP contribution >= 0.6 is 23.2 Å². The Kier molecular flexibility index (Phi) is 5.84. The van der Waals surface area contributed by atoms with Gasteiger partial charge in [0, 0.05) is 23.3 Å². The summed E-state index contributed by atoms with van der Waals surface area (Å²) in [7, 11) is 1.55. The normalized spacial score (nSPS) is 10.0. The van der Waals surface area contributed by atoms with Gasteiger partial charge in [-0.25, -0.2) is 0 Å². The second kappa shape index (κ2) is 7.85. The lowest BCUT2D eigenvalue weighted by molar-refractivity contribution is -0.114. The molecular formula is C16H15Cl2N3O2. The molecule has 0 aliphatic carbocycles. The van der Waals surface area contributed by atoms with Gasteiger partial charge in [-0.1, -0.05) is 29.3 Å². The quantitative estimate of drug-likeness (QED) is 0.772. The van der Waals surface area contributed by atoms with Crippen LogP contribution < -0.4 is 16.0 Å². The number of halogens is 2. The van der Waals surface area contributed by atoms with Gasteiger partial charge in [-0.05, 0) is 36.4 Å². The van der Waals surface area contributed by atoms with Gasteiger partial charge >= 0.3 is 0 Å². The molecule has 0 aromatic heterocycles. The van der Waals surface area contributed by atoms with Crippen molar-refractivity contribution < 1.29 is 9.59 Å². The van der Waals surface area contributed by atoms with Gasteiger partial charge in [0.05, 0.1) is 17.3 Å². The van der Waals surface area contributed by atoms with Gasteiger partial charge < -0.3 is 16.0 Å². The minimum Gasteiger partial charge on any atom is -0.375 e. The number of rotatable bonds is 5. The third-order valence-electron chi connectivity index (χ3n) is 3.00. The van der Waals surface area contributed by atoms with Crippen LogP contribution in [0.4, 0.5) is 11.4 Å². The molecule has 0 heterocycles. The van der Waals surface area contributed by atoms with Crippen LogP contribution in [-0.2, 0) is 4.79 Å². The maximum absolute atomic E-state index is 12.0. The Bertz CT molecular complexity index is 735. The number of hydrogen-bond acceptors (Lipinski definition) is 3. The Hall–Kier alpha value is -2.24. The molecule has 0 bridgehead atoms. The Balaban J connectivity index is 1.97. The Morgan fingerprint density at radius 2 is 1.87 bits per heavy atom. The summed E-state index contributed by atoms with van der Waals surface area (Å²) in [6, 6.07) is 11.6. The summed E-state index contributed by atoms with van der Waals surface area (Å²) < 4.78 is 0. The summed E-state index contributed by atoms with van der Waals surface area (Å²) >= 11 is 11.9. The molecule has 2 aromatic rings. The van der Waals surface area contributed by atoms with Gasteiger partial charge in [-0.3, -0.25) is 9.59 Å². The highest BCUT2D eigenvalue weighted by atomic mass is 35.5. The number of carbonyl (C=O) groups excluding carboxylic acids is 2. The predicted molar refractivity (Wildman–Crippen MR) is 93.4 cm³/mol. The number of hydrogen-bond donors (Lipinski definition) is 3. The number of anilines is 2. The van der Waals surface area contributed by atoms with Crippen LogP contribution in [-0.4, -0.2) is 25.4 Å². The van der Waals surface area contributed by atoms with E-state index in [1.807, 2.05) is 0 Å². The van der Waals surface area contributed by atoms with E-state index in [0.717, 1.165) is 0 Å². The van der Waals surface area contributed by atoms with E-state index >= 15 is 0 Å². The van der Waals surface area contributed by atoms with Gasteiger partial charge in [0.25, 0.3) is 5.91 Å². The van der Waals surface area contributed by atoms with Crippen molar-refractivity contribution in [3.8, 4) is 0 Å². The number of carbonyl (C=O) groups is 2. The van der Waals surface area contributed by atoms with Gasteiger partial charge in [0.1, 0.15) is 0 Å². The standard InChI is InChI=1S/C16H15Cl2N3O2/c1-19-16(23)10-3-2-4-12(7-10)21-15(22)9-20-14-8-11(17)5-6-13(14)18/h2-8,20H,9H2,1H3,(H,19,23)(H,21,22). The van der Waals surface area contributed by atoms with Crippen LogP contribution in [0, 0.1) is 0 Å². The molecule has 0 aliphatic rings. The third-order valence-corrected chi connectivity index (χ3v) is 3.57. The number of nitrogens with one attached hydrogen (secondary N) is 3. The zero-order valence-electron chi connectivity index (χ0n) is 12.3. The van der Waals surface area contributed by atoms with Crippen LogP contribution in [0.3, 0.4) is 0 Å². The molecule has 0 unspecified atom stereocenters. The second-order valence-corrected chi connectivity index (χ2v) is 5.53. The maximum Gasteiger partial charge on any atom is 0.251 e. The van der Waals surface area contributed by atoms with Crippen LogP contribution in [0.2, 0.25) is 10.0 Å². The minimum absolute atomic E-state index is 0.0181. The average molecular weight is 352 g/mol. The van der Waals surface area contributed by atoms with Crippen molar-refractivity contribution in [3.05, 3.63) is 58.1 Å². The number of benzene rings is 2. The zero-order valence-corrected chi connectivity index (χ0v) is 13.8. The van der Waals surface area contributed by atoms with E-state index in [1.54, 1.807) is 49.5 Å². The topological polar surface area (TPSA) is 70.2 Å². The predicted octanol–water partition coefficient (Wildman–Crippen LogP) is 3.40. The first kappa shape index (κ1) is 17.1. The largest absolute Gasteiger partial charge is 0.375 e. The van der Waals surface area contributed by atoms with E-state index in [9.17, 15) is 9.59 Å². The molecule has 2 aromatic carbocycles. The molecule has 5 nitrogen and oxygen atoms in total. The molecule has 7 heteroatoms. The Morgan fingerprint density at radius 1 is 1.09 bits per heavy atom. The van der Waals surface area contributed by atoms with E-state index < -0.39 is 0 Å². The average Bonchev–Trinajstić information content (AvgIpc) is 2.55. The van der Waals surface area contributed by atoms with E-state index in [-0.39, 0.29) is 18.4 Å². The van der Waals surface area contributed by atoms with Crippen LogP contribution in [0.25, 0.3) is 0 Å². The number of amides is 2. The highest BCUT2D eigenvalue weighted by Crippen LogP contribution is 2.25. The molecule has 0 radical (unpaired) electrons. The van der Waals surface area contributed by atoms with Crippen molar-refractivity contribution in [2.24, 2.45) is 0 Å². The molecule has 120 valence electrons. The molecule has 0 spiro atoms. The van der Waals surface area contributed by atoms with Crippen molar-refractivity contribution in [1.82, 2.24) is 5.32 Å². The minimum atomic E-state index is -0.268. The molecular weight excluding hydrogens is 337 g/mol. The molecule has 0 atom stereocenters. The summed E-state index contributed by atoms with van der Waals surface area (Å²) in [6.07, 6.45) is 0. The first-order valence-corrected chi connectivity index (χ1v) is 7.56. The summed E-state index contributed by atoms with van der Waals surface area (Å²) in [4.78, 5) is 23.6. The highest BCUT2D eigenvalue weighted by molar-refractivity contribution is 6.35. The third kappa shape index (κ3) is 4.87. The lowest BCUT2D eigenvalue weighted by atomic mass is 10.2. The maximum atomic E-state index is 12.0. The van der Waals surface area contributed by atoms with E-state index in [0.29, 0.717) is 27.0 Å². The second-order valence-electron chi connectivity index (χ2n) is 4.69. The molecule has 0 saturated carbocycles. The van der Waals surface area contributed by atoms with Gasteiger partial charge in [0.15, 0.2) is 0 Å². The fraction of sp³-hybridized carbons (Fsp3) is 0.125. The molecule has 3 N–H and O–H groups in total. The van der Waals surface area contributed by atoms with E-state index in [2.05, 4.69) is 16.0 Å². The van der Waals surface area contributed by atoms with Crippen molar-refractivity contribution in [2.45, 2.75) is 0 Å². The Morgan fingerprint density at radius 3 is 2.61 bits per heavy atom. The summed E-state index contributed by atoms with van der Waals surface area (Å²) in [5.41, 5.74) is 1.58. The summed E-state index contributed by atoms with van der Waals surface area (Å²) in [5, 5.41) is 9.15. The molecule has 0 fully saturated rings. The summed E-state index contributed by atoms with van der Waals surface area (Å²) in [6.45, 7) is 0.0181. The molecule has 2 rings (SSSR count). The molecule has 23 heavy (non-hydrogen) atoms. The Labute approximate surface area is 144 Å². The highest BCUT2D eigenvalue weighted by Gasteiger charge is 2.07. The molecule has 2 amide bonds. The van der Waals surface area contributed by atoms with Crippen molar-refractivity contribution in [3.63, 3.8) is 0 Å². The molecule has 0 saturated heterocycles. The van der Waals surface area contributed by atoms with Crippen LogP contribution in [0.1, 0.15) is 10.4 Å². The monoisotopic (exact) mass is 351 g/mol. The van der Waals surface area contributed by atoms with Gasteiger partial charge in [-0.2, -0.15) is 0 Å². The fourth-order valence-corrected chi connectivity index (χ4v) is 2.25.